The Labute approximate surface area is 235 Å². The fraction of sp³-hybridized carbons (Fsp3) is 0.375. The first-order valence-electron chi connectivity index (χ1n) is 14.0. The zero-order valence-corrected chi connectivity index (χ0v) is 22.7. The lowest BCUT2D eigenvalue weighted by Gasteiger charge is -2.32. The van der Waals surface area contributed by atoms with Gasteiger partial charge >= 0.3 is 0 Å². The van der Waals surface area contributed by atoms with Crippen LogP contribution in [-0.2, 0) is 20.7 Å². The molecule has 0 unspecified atom stereocenters. The molecule has 2 atom stereocenters. The molecule has 3 aromatic rings. The summed E-state index contributed by atoms with van der Waals surface area (Å²) in [6.07, 6.45) is 0.356. The van der Waals surface area contributed by atoms with E-state index in [1.807, 2.05) is 84.9 Å². The molecule has 40 heavy (non-hydrogen) atoms. The van der Waals surface area contributed by atoms with Crippen LogP contribution in [0.1, 0.15) is 29.2 Å². The highest BCUT2D eigenvalue weighted by Crippen LogP contribution is 2.42. The van der Waals surface area contributed by atoms with E-state index in [1.54, 1.807) is 0 Å². The van der Waals surface area contributed by atoms with Gasteiger partial charge in [-0.25, -0.2) is 4.99 Å². The zero-order chi connectivity index (χ0) is 27.6. The molecule has 1 saturated heterocycles. The molecule has 5 rings (SSSR count). The summed E-state index contributed by atoms with van der Waals surface area (Å²) >= 11 is 0. The fourth-order valence-electron chi connectivity index (χ4n) is 5.12. The predicted molar refractivity (Wildman–Crippen MR) is 154 cm³/mol. The average Bonchev–Trinajstić information content (AvgIpc) is 3.39. The number of hydrogen-bond acceptors (Lipinski definition) is 7. The van der Waals surface area contributed by atoms with Crippen molar-refractivity contribution >= 4 is 11.8 Å². The van der Waals surface area contributed by atoms with Crippen LogP contribution in [0.4, 0.5) is 0 Å². The number of amides is 1. The van der Waals surface area contributed by atoms with Crippen molar-refractivity contribution in [2.75, 3.05) is 52.6 Å². The zero-order valence-electron chi connectivity index (χ0n) is 22.7. The molecule has 0 spiro atoms. The summed E-state index contributed by atoms with van der Waals surface area (Å²) in [5.74, 6) is 0.972. The first-order chi connectivity index (χ1) is 19.7. The van der Waals surface area contributed by atoms with Gasteiger partial charge in [0.05, 0.1) is 19.8 Å². The number of rotatable bonds is 12. The van der Waals surface area contributed by atoms with Crippen LogP contribution in [0.25, 0.3) is 0 Å². The Hall–Kier alpha value is -3.72. The SMILES string of the molecule is O=C(NCCN1CCOCC1)[C@]1(Cc2ccccc2)N=C(c2ccc(OCCCO)cc2)O[C@@H]1c1ccccc1. The van der Waals surface area contributed by atoms with Crippen LogP contribution in [0.2, 0.25) is 0 Å². The van der Waals surface area contributed by atoms with Gasteiger partial charge in [-0.3, -0.25) is 9.69 Å². The number of benzene rings is 3. The molecule has 1 fully saturated rings. The maximum Gasteiger partial charge on any atom is 0.252 e. The van der Waals surface area contributed by atoms with E-state index in [0.717, 1.165) is 36.3 Å². The fourth-order valence-corrected chi connectivity index (χ4v) is 5.12. The molecule has 0 aromatic heterocycles. The van der Waals surface area contributed by atoms with Crippen LogP contribution in [-0.4, -0.2) is 80.0 Å². The molecular weight excluding hydrogens is 506 g/mol. The van der Waals surface area contributed by atoms with Gasteiger partial charge in [0.2, 0.25) is 5.90 Å². The summed E-state index contributed by atoms with van der Waals surface area (Å²) in [6.45, 7) is 4.95. The first-order valence-corrected chi connectivity index (χ1v) is 14.0. The smallest absolute Gasteiger partial charge is 0.252 e. The molecule has 8 heteroatoms. The van der Waals surface area contributed by atoms with Crippen LogP contribution >= 0.6 is 0 Å². The molecule has 3 aromatic carbocycles. The van der Waals surface area contributed by atoms with E-state index in [1.165, 1.54) is 0 Å². The van der Waals surface area contributed by atoms with E-state index in [9.17, 15) is 4.79 Å². The minimum Gasteiger partial charge on any atom is -0.494 e. The second kappa shape index (κ2) is 13.6. The molecule has 1 amide bonds. The van der Waals surface area contributed by atoms with Gasteiger partial charge in [0.25, 0.3) is 5.91 Å². The second-order valence-corrected chi connectivity index (χ2v) is 10.1. The third-order valence-corrected chi connectivity index (χ3v) is 7.27. The number of nitrogens with zero attached hydrogens (tertiary/aromatic N) is 2. The monoisotopic (exact) mass is 543 g/mol. The summed E-state index contributed by atoms with van der Waals surface area (Å²) < 4.78 is 17.7. The summed E-state index contributed by atoms with van der Waals surface area (Å²) in [5.41, 5.74) is 1.48. The molecule has 2 aliphatic heterocycles. The highest BCUT2D eigenvalue weighted by atomic mass is 16.5. The number of carbonyl (C=O) groups excluding carboxylic acids is 1. The van der Waals surface area contributed by atoms with E-state index in [4.69, 9.17) is 24.3 Å². The third kappa shape index (κ3) is 6.70. The lowest BCUT2D eigenvalue weighted by atomic mass is 9.82. The van der Waals surface area contributed by atoms with Gasteiger partial charge in [0, 0.05) is 51.2 Å². The Morgan fingerprint density at radius 1 is 1.00 bits per heavy atom. The second-order valence-electron chi connectivity index (χ2n) is 10.1. The maximum atomic E-state index is 14.2. The standard InChI is InChI=1S/C32H37N3O5/c36-20-7-21-39-28-14-12-27(13-15-28)30-34-32(24-25-8-3-1-4-9-25,29(40-30)26-10-5-2-6-11-26)31(37)33-16-17-35-18-22-38-23-19-35/h1-6,8-15,29,36H,7,16-24H2,(H,33,37)/t29-,32-/m1/s1. The van der Waals surface area contributed by atoms with Gasteiger partial charge in [0.1, 0.15) is 5.75 Å². The van der Waals surface area contributed by atoms with Crippen LogP contribution < -0.4 is 10.1 Å². The summed E-state index contributed by atoms with van der Waals surface area (Å²) in [7, 11) is 0. The van der Waals surface area contributed by atoms with Crippen molar-refractivity contribution in [3.63, 3.8) is 0 Å². The van der Waals surface area contributed by atoms with E-state index in [0.29, 0.717) is 50.9 Å². The molecule has 8 nitrogen and oxygen atoms in total. The van der Waals surface area contributed by atoms with Crippen LogP contribution in [0.5, 0.6) is 5.75 Å². The molecule has 2 N–H and O–H groups in total. The van der Waals surface area contributed by atoms with Crippen molar-refractivity contribution in [2.24, 2.45) is 4.99 Å². The first kappa shape index (κ1) is 27.8. The number of ether oxygens (including phenoxy) is 3. The largest absolute Gasteiger partial charge is 0.494 e. The maximum absolute atomic E-state index is 14.2. The minimum absolute atomic E-state index is 0.0849. The highest BCUT2D eigenvalue weighted by molar-refractivity contribution is 6.01. The van der Waals surface area contributed by atoms with E-state index in [-0.39, 0.29) is 12.5 Å². The Morgan fingerprint density at radius 3 is 2.40 bits per heavy atom. The van der Waals surface area contributed by atoms with Gasteiger partial charge in [-0.15, -0.1) is 0 Å². The van der Waals surface area contributed by atoms with Crippen LogP contribution in [0.15, 0.2) is 89.9 Å². The highest BCUT2D eigenvalue weighted by Gasteiger charge is 2.53. The predicted octanol–water partition coefficient (Wildman–Crippen LogP) is 3.40. The lowest BCUT2D eigenvalue weighted by molar-refractivity contribution is -0.129. The third-order valence-electron chi connectivity index (χ3n) is 7.27. The van der Waals surface area contributed by atoms with Crippen molar-refractivity contribution in [1.29, 1.82) is 0 Å². The molecule has 0 radical (unpaired) electrons. The van der Waals surface area contributed by atoms with E-state index < -0.39 is 11.6 Å². The Kier molecular flexibility index (Phi) is 9.44. The van der Waals surface area contributed by atoms with Crippen molar-refractivity contribution in [3.8, 4) is 5.75 Å². The lowest BCUT2D eigenvalue weighted by Crippen LogP contribution is -2.51. The average molecular weight is 544 g/mol. The van der Waals surface area contributed by atoms with E-state index >= 15 is 0 Å². The minimum atomic E-state index is -1.20. The number of aliphatic imine (C=N–C) groups is 1. The Balaban J connectivity index is 1.46. The molecular formula is C32H37N3O5. The van der Waals surface area contributed by atoms with Gasteiger partial charge in [0.15, 0.2) is 11.6 Å². The molecule has 2 aliphatic rings. The topological polar surface area (TPSA) is 92.6 Å². The molecule has 0 bridgehead atoms. The van der Waals surface area contributed by atoms with Crippen LogP contribution in [0.3, 0.4) is 0 Å². The summed E-state index contributed by atoms with van der Waals surface area (Å²) in [5, 5.41) is 12.2. The molecule has 2 heterocycles. The number of nitrogens with one attached hydrogen (secondary N) is 1. The number of morpholine rings is 1. The van der Waals surface area contributed by atoms with Gasteiger partial charge in [-0.1, -0.05) is 60.7 Å². The van der Waals surface area contributed by atoms with Crippen molar-refractivity contribution in [1.82, 2.24) is 10.2 Å². The molecule has 0 saturated carbocycles. The van der Waals surface area contributed by atoms with Crippen molar-refractivity contribution in [2.45, 2.75) is 24.5 Å². The number of hydrogen-bond donors (Lipinski definition) is 2. The normalized spacial score (nSPS) is 20.9. The van der Waals surface area contributed by atoms with Gasteiger partial charge in [-0.2, -0.15) is 0 Å². The molecule has 210 valence electrons. The van der Waals surface area contributed by atoms with E-state index in [2.05, 4.69) is 10.2 Å². The number of aliphatic hydroxyl groups is 1. The van der Waals surface area contributed by atoms with Crippen molar-refractivity contribution < 1.29 is 24.1 Å². The number of carbonyl (C=O) groups is 1. The number of aliphatic hydroxyl groups excluding tert-OH is 1. The Morgan fingerprint density at radius 2 is 1.70 bits per heavy atom. The molecule has 0 aliphatic carbocycles. The van der Waals surface area contributed by atoms with Gasteiger partial charge in [-0.05, 0) is 35.4 Å². The van der Waals surface area contributed by atoms with Crippen molar-refractivity contribution in [3.05, 3.63) is 102 Å². The summed E-state index contributed by atoms with van der Waals surface area (Å²) in [6, 6.07) is 27.3. The quantitative estimate of drug-likeness (QED) is 0.340. The summed E-state index contributed by atoms with van der Waals surface area (Å²) in [4.78, 5) is 21.6. The van der Waals surface area contributed by atoms with Gasteiger partial charge < -0.3 is 24.6 Å². The van der Waals surface area contributed by atoms with Crippen LogP contribution in [0, 0.1) is 0 Å². The Bertz CT molecular complexity index is 1250.